The Kier molecular flexibility index (Phi) is 3.60. The summed E-state index contributed by atoms with van der Waals surface area (Å²) in [6, 6.07) is 4.13. The molecule has 3 rings (SSSR count). The summed E-state index contributed by atoms with van der Waals surface area (Å²) in [5, 5.41) is 2.35. The fraction of sp³-hybridized carbons (Fsp3) is 0.286. The summed E-state index contributed by atoms with van der Waals surface area (Å²) in [6.45, 7) is 0. The van der Waals surface area contributed by atoms with E-state index in [9.17, 15) is 18.0 Å². The van der Waals surface area contributed by atoms with Crippen molar-refractivity contribution in [2.75, 3.05) is 0 Å². The van der Waals surface area contributed by atoms with E-state index >= 15 is 0 Å². The number of nitrogens with zero attached hydrogens (tertiary/aromatic N) is 1. The first-order valence-corrected chi connectivity index (χ1v) is 6.81. The van der Waals surface area contributed by atoms with E-state index < -0.39 is 17.6 Å². The lowest BCUT2D eigenvalue weighted by atomic mass is 10.2. The highest BCUT2D eigenvalue weighted by Gasteiger charge is 2.42. The molecule has 0 saturated heterocycles. The van der Waals surface area contributed by atoms with E-state index in [0.29, 0.717) is 18.7 Å². The predicted molar refractivity (Wildman–Crippen MR) is 71.6 cm³/mol. The normalized spacial score (nSPS) is 20.7. The Morgan fingerprint density at radius 2 is 2.23 bits per heavy atom. The molecule has 1 fully saturated rings. The van der Waals surface area contributed by atoms with E-state index in [4.69, 9.17) is 16.0 Å². The van der Waals surface area contributed by atoms with Crippen molar-refractivity contribution >= 4 is 17.5 Å². The number of pyridine rings is 1. The van der Waals surface area contributed by atoms with Crippen LogP contribution in [0.15, 0.2) is 35.1 Å². The topological polar surface area (TPSA) is 55.1 Å². The smallest absolute Gasteiger partial charge is 0.417 e. The molecule has 1 N–H and O–H groups in total. The zero-order chi connectivity index (χ0) is 15.9. The summed E-state index contributed by atoms with van der Waals surface area (Å²) in [5.41, 5.74) is -1.21. The van der Waals surface area contributed by atoms with Crippen LogP contribution in [0.1, 0.15) is 34.2 Å². The zero-order valence-electron chi connectivity index (χ0n) is 11.0. The molecule has 2 atom stereocenters. The van der Waals surface area contributed by atoms with Gasteiger partial charge >= 0.3 is 6.18 Å². The second-order valence-electron chi connectivity index (χ2n) is 4.99. The van der Waals surface area contributed by atoms with Gasteiger partial charge in [-0.05, 0) is 24.6 Å². The van der Waals surface area contributed by atoms with Crippen molar-refractivity contribution in [3.8, 4) is 0 Å². The molecule has 1 saturated carbocycles. The molecule has 0 aromatic carbocycles. The maximum absolute atomic E-state index is 12.5. The third-order valence-electron chi connectivity index (χ3n) is 3.40. The first-order valence-electron chi connectivity index (χ1n) is 6.43. The predicted octanol–water partition coefficient (Wildman–Crippen LogP) is 3.63. The fourth-order valence-corrected chi connectivity index (χ4v) is 2.42. The van der Waals surface area contributed by atoms with Crippen LogP contribution in [0.4, 0.5) is 13.2 Å². The molecule has 8 heteroatoms. The summed E-state index contributed by atoms with van der Waals surface area (Å²) >= 11 is 5.73. The summed E-state index contributed by atoms with van der Waals surface area (Å²) < 4.78 is 42.8. The number of hydrogen-bond acceptors (Lipinski definition) is 3. The van der Waals surface area contributed by atoms with Crippen LogP contribution in [0.3, 0.4) is 0 Å². The van der Waals surface area contributed by atoms with Crippen LogP contribution in [0.5, 0.6) is 0 Å². The number of aromatic nitrogens is 1. The molecule has 2 aromatic heterocycles. The number of carbonyl (C=O) groups excluding carboxylic acids is 1. The van der Waals surface area contributed by atoms with Gasteiger partial charge in [-0.3, -0.25) is 4.79 Å². The average Bonchev–Trinajstić information content (AvgIpc) is 2.99. The molecule has 0 radical (unpaired) electrons. The Labute approximate surface area is 128 Å². The minimum absolute atomic E-state index is 0.0761. The average molecular weight is 331 g/mol. The largest absolute Gasteiger partial charge is 0.469 e. The van der Waals surface area contributed by atoms with Gasteiger partial charge in [0.1, 0.15) is 11.5 Å². The second-order valence-corrected chi connectivity index (χ2v) is 5.40. The Morgan fingerprint density at radius 1 is 1.45 bits per heavy atom. The Morgan fingerprint density at radius 3 is 2.82 bits per heavy atom. The number of alkyl halides is 3. The molecule has 22 heavy (non-hydrogen) atoms. The van der Waals surface area contributed by atoms with Crippen LogP contribution in [0.25, 0.3) is 0 Å². The number of nitrogens with one attached hydrogen (secondary N) is 1. The molecule has 0 spiro atoms. The third kappa shape index (κ3) is 2.94. The first-order chi connectivity index (χ1) is 10.4. The van der Waals surface area contributed by atoms with Crippen LogP contribution in [0.2, 0.25) is 5.02 Å². The molecule has 0 bridgehead atoms. The summed E-state index contributed by atoms with van der Waals surface area (Å²) in [6.07, 6.45) is -1.71. The highest BCUT2D eigenvalue weighted by molar-refractivity contribution is 6.33. The van der Waals surface area contributed by atoms with Crippen LogP contribution in [-0.4, -0.2) is 16.9 Å². The van der Waals surface area contributed by atoms with Crippen molar-refractivity contribution in [2.24, 2.45) is 0 Å². The van der Waals surface area contributed by atoms with Gasteiger partial charge in [-0.2, -0.15) is 13.2 Å². The van der Waals surface area contributed by atoms with Crippen molar-refractivity contribution in [1.82, 2.24) is 10.3 Å². The van der Waals surface area contributed by atoms with Gasteiger partial charge < -0.3 is 9.73 Å². The molecule has 4 nitrogen and oxygen atoms in total. The van der Waals surface area contributed by atoms with Gasteiger partial charge in [0, 0.05) is 18.2 Å². The molecule has 1 aliphatic rings. The van der Waals surface area contributed by atoms with Crippen LogP contribution >= 0.6 is 11.6 Å². The lowest BCUT2D eigenvalue weighted by Gasteiger charge is -2.09. The van der Waals surface area contributed by atoms with E-state index in [1.165, 1.54) is 0 Å². The number of carbonyl (C=O) groups is 1. The lowest BCUT2D eigenvalue weighted by Crippen LogP contribution is -2.28. The van der Waals surface area contributed by atoms with Crippen LogP contribution in [-0.2, 0) is 6.18 Å². The molecule has 2 heterocycles. The standard InChI is InChI=1S/C14H10ClF3N2O2/c15-9-4-7(14(16,17)18)6-19-12(9)13(21)20-10-5-8(10)11-2-1-3-22-11/h1-4,6,8,10H,5H2,(H,20,21)/t8-,10-/m1/s1. The van der Waals surface area contributed by atoms with Gasteiger partial charge in [-0.25, -0.2) is 4.98 Å². The van der Waals surface area contributed by atoms with E-state index in [-0.39, 0.29) is 22.7 Å². The van der Waals surface area contributed by atoms with Gasteiger partial charge in [0.2, 0.25) is 0 Å². The number of rotatable bonds is 3. The Balaban J connectivity index is 1.69. The van der Waals surface area contributed by atoms with Gasteiger partial charge in [0.15, 0.2) is 0 Å². The monoisotopic (exact) mass is 330 g/mol. The van der Waals surface area contributed by atoms with Gasteiger partial charge in [-0.1, -0.05) is 11.6 Å². The van der Waals surface area contributed by atoms with Crippen molar-refractivity contribution in [3.63, 3.8) is 0 Å². The van der Waals surface area contributed by atoms with Gasteiger partial charge in [-0.15, -0.1) is 0 Å². The van der Waals surface area contributed by atoms with E-state index in [1.54, 1.807) is 18.4 Å². The maximum atomic E-state index is 12.5. The SMILES string of the molecule is O=C(N[C@@H]1C[C@H]1c1ccco1)c1ncc(C(F)(F)F)cc1Cl. The van der Waals surface area contributed by atoms with E-state index in [2.05, 4.69) is 10.3 Å². The number of halogens is 4. The molecule has 0 aliphatic heterocycles. The molecular formula is C14H10ClF3N2O2. The molecule has 116 valence electrons. The van der Waals surface area contributed by atoms with Crippen LogP contribution < -0.4 is 5.32 Å². The molecule has 1 amide bonds. The van der Waals surface area contributed by atoms with E-state index in [0.717, 1.165) is 5.76 Å². The molecule has 1 aliphatic carbocycles. The van der Waals surface area contributed by atoms with Gasteiger partial charge in [0.05, 0.1) is 16.8 Å². The van der Waals surface area contributed by atoms with Gasteiger partial charge in [0.25, 0.3) is 5.91 Å². The highest BCUT2D eigenvalue weighted by atomic mass is 35.5. The molecule has 0 unspecified atom stereocenters. The number of amides is 1. The van der Waals surface area contributed by atoms with Crippen LogP contribution in [0, 0.1) is 0 Å². The minimum atomic E-state index is -4.55. The quantitative estimate of drug-likeness (QED) is 0.935. The van der Waals surface area contributed by atoms with E-state index in [1.807, 2.05) is 0 Å². The number of hydrogen-bond donors (Lipinski definition) is 1. The molecular weight excluding hydrogens is 321 g/mol. The Bertz CT molecular complexity index is 701. The summed E-state index contributed by atoms with van der Waals surface area (Å²) in [4.78, 5) is 15.5. The summed E-state index contributed by atoms with van der Waals surface area (Å²) in [5.74, 6) is 0.238. The molecule has 2 aromatic rings. The minimum Gasteiger partial charge on any atom is -0.469 e. The highest BCUT2D eigenvalue weighted by Crippen LogP contribution is 2.41. The van der Waals surface area contributed by atoms with Crippen molar-refractivity contribution in [3.05, 3.63) is 52.7 Å². The second kappa shape index (κ2) is 5.31. The van der Waals surface area contributed by atoms with Crippen molar-refractivity contribution in [1.29, 1.82) is 0 Å². The van der Waals surface area contributed by atoms with Crippen molar-refractivity contribution < 1.29 is 22.4 Å². The lowest BCUT2D eigenvalue weighted by molar-refractivity contribution is -0.137. The van der Waals surface area contributed by atoms with Crippen molar-refractivity contribution in [2.45, 2.75) is 24.6 Å². The third-order valence-corrected chi connectivity index (χ3v) is 3.69. The fourth-order valence-electron chi connectivity index (χ4n) is 2.17. The Hall–Kier alpha value is -2.02. The maximum Gasteiger partial charge on any atom is 0.417 e. The summed E-state index contributed by atoms with van der Waals surface area (Å²) in [7, 11) is 0. The first kappa shape index (κ1) is 14.9. The zero-order valence-corrected chi connectivity index (χ0v) is 11.8. The number of furan rings is 1.